The van der Waals surface area contributed by atoms with Gasteiger partial charge in [-0.2, -0.15) is 0 Å². The van der Waals surface area contributed by atoms with Crippen LogP contribution in [0.15, 0.2) is 65.7 Å². The number of nitrogens with one attached hydrogen (secondary N) is 7. The second-order valence-corrected chi connectivity index (χ2v) is 27.4. The van der Waals surface area contributed by atoms with Gasteiger partial charge in [0.2, 0.25) is 70.9 Å². The topological polar surface area (TPSA) is 539 Å². The van der Waals surface area contributed by atoms with Gasteiger partial charge in [0, 0.05) is 58.6 Å². The molecule has 2 aliphatic rings. The zero-order chi connectivity index (χ0) is 72.8. The predicted octanol–water partition coefficient (Wildman–Crippen LogP) is -4.09. The SMILES string of the molecule is CC(C)C[C@H](NC(=O)CN(C)C(=O)[C@H](Cc1ccccc1)NC(=O)[C@H](Cc1ccccc1)NC(=O)[C@H](CCC(N)=O)NC(=O)[C@H](CCC(N)=O)NC(=O)[C@@H]1CCCN1C(=O)[C@H](CCCCN)NC(=O)[C@@H]1CCCN1C(=O)[C@@H](N)CCCN=C(N)N)C(=O)N[C@@H](CCS(C)(=O)=O)C(=O)O. The molecule has 2 aromatic carbocycles. The fourth-order valence-electron chi connectivity index (χ4n) is 11.3. The van der Waals surface area contributed by atoms with Gasteiger partial charge in [-0.05, 0) is 107 Å². The van der Waals surface area contributed by atoms with Crippen LogP contribution in [0.1, 0.15) is 121 Å². The number of aliphatic imine (C=N–C) groups is 1. The molecule has 0 aromatic heterocycles. The number of amides is 12. The summed E-state index contributed by atoms with van der Waals surface area (Å²) in [5, 5.41) is 27.9. The molecule has 0 aliphatic carbocycles. The molecule has 542 valence electrons. The third kappa shape index (κ3) is 28.0. The first kappa shape index (κ1) is 81.1. The fourth-order valence-corrected chi connectivity index (χ4v) is 12.0. The van der Waals surface area contributed by atoms with Crippen molar-refractivity contribution < 1.29 is 75.9 Å². The van der Waals surface area contributed by atoms with Gasteiger partial charge in [-0.1, -0.05) is 74.5 Å². The first-order valence-corrected chi connectivity index (χ1v) is 34.9. The molecule has 33 nitrogen and oxygen atoms in total. The Balaban J connectivity index is 1.58. The summed E-state index contributed by atoms with van der Waals surface area (Å²) in [4.78, 5) is 186. The second kappa shape index (κ2) is 40.4. The highest BCUT2D eigenvalue weighted by Crippen LogP contribution is 2.24. The average molecular weight is 1390 g/mol. The lowest BCUT2D eigenvalue weighted by Crippen LogP contribution is -2.60. The van der Waals surface area contributed by atoms with Crippen LogP contribution in [-0.4, -0.2) is 223 Å². The fraction of sp³-hybridized carbons (Fsp3) is 0.594. The van der Waals surface area contributed by atoms with E-state index in [-0.39, 0.29) is 83.0 Å². The first-order valence-electron chi connectivity index (χ1n) is 32.8. The number of hydrogen-bond acceptors (Lipinski definition) is 18. The van der Waals surface area contributed by atoms with Crippen molar-refractivity contribution in [3.63, 3.8) is 0 Å². The summed E-state index contributed by atoms with van der Waals surface area (Å²) >= 11 is 0. The molecule has 2 fully saturated rings. The number of likely N-dealkylation sites (N-methyl/N-ethyl adjacent to an activating group) is 1. The molecule has 2 heterocycles. The average Bonchev–Trinajstić information content (AvgIpc) is 1.64. The molecule has 2 saturated heterocycles. The number of carbonyl (C=O) groups is 13. The molecular weight excluding hydrogens is 1290 g/mol. The molecule has 2 aliphatic heterocycles. The standard InChI is InChI=1S/C64H99N17O16S/c1-38(2)34-46(56(87)76-45(63(94)95)28-33-98(4,96)97)72-53(84)37-79(3)61(92)48(36-40-18-9-6-10-19-40)78-57(88)47(35-39-16-7-5-8-17-39)77-55(86)42(24-26-51(67)82)73-54(85)43(25-27-52(68)83)74-58(89)50-23-15-32-81(50)62(93)44(21-11-12-29-65)75-59(90)49-22-14-31-80(49)60(91)41(66)20-13-30-71-64(69)70/h5-10,16-19,38,41-50H,11-15,20-37,65-66H2,1-4H3,(H2,67,82)(H2,68,83)(H,72,84)(H,73,85)(H,74,89)(H,75,90)(H,76,87)(H,77,86)(H,78,88)(H,94,95)(H4,69,70,71)/t41-,42-,43-,44-,45-,46-,47-,48-,49-,50-/m0/s1. The maximum Gasteiger partial charge on any atom is 0.326 e. The molecular formula is C64H99N17O16S. The number of likely N-dealkylation sites (tertiary alicyclic amines) is 2. The Kier molecular flexibility index (Phi) is 33.5. The minimum absolute atomic E-state index is 0.0101. The van der Waals surface area contributed by atoms with E-state index in [0.717, 1.165) is 11.2 Å². The Bertz CT molecular complexity index is 3230. The molecule has 0 radical (unpaired) electrons. The van der Waals surface area contributed by atoms with Gasteiger partial charge in [0.1, 0.15) is 64.2 Å². The van der Waals surface area contributed by atoms with E-state index >= 15 is 0 Å². The van der Waals surface area contributed by atoms with Crippen LogP contribution in [0, 0.1) is 5.92 Å². The summed E-state index contributed by atoms with van der Waals surface area (Å²) in [6.45, 7) is 3.60. The summed E-state index contributed by atoms with van der Waals surface area (Å²) in [5.41, 5.74) is 35.0. The van der Waals surface area contributed by atoms with Crippen molar-refractivity contribution in [3.8, 4) is 0 Å². The van der Waals surface area contributed by atoms with Crippen molar-refractivity contribution in [2.24, 2.45) is 45.3 Å². The number of sulfone groups is 1. The number of carboxylic acids is 1. The number of unbranched alkanes of at least 4 members (excludes halogenated alkanes) is 1. The third-order valence-corrected chi connectivity index (χ3v) is 17.4. The molecule has 0 unspecified atom stereocenters. The van der Waals surface area contributed by atoms with E-state index in [9.17, 15) is 75.9 Å². The number of benzene rings is 2. The molecule has 12 amide bonds. The Morgan fingerprint density at radius 1 is 0.582 bits per heavy atom. The van der Waals surface area contributed by atoms with Gasteiger partial charge in [0.25, 0.3) is 0 Å². The van der Waals surface area contributed by atoms with E-state index in [2.05, 4.69) is 42.2 Å². The highest BCUT2D eigenvalue weighted by Gasteiger charge is 2.43. The summed E-state index contributed by atoms with van der Waals surface area (Å²) in [5.74, 6) is -12.3. The van der Waals surface area contributed by atoms with Crippen LogP contribution in [0.3, 0.4) is 0 Å². The number of carboxylic acid groups (broad SMARTS) is 1. The van der Waals surface area contributed by atoms with E-state index in [0.29, 0.717) is 43.2 Å². The van der Waals surface area contributed by atoms with Gasteiger partial charge in [-0.25, -0.2) is 13.2 Å². The van der Waals surface area contributed by atoms with Gasteiger partial charge < -0.3 is 91.4 Å². The highest BCUT2D eigenvalue weighted by molar-refractivity contribution is 7.90. The third-order valence-electron chi connectivity index (χ3n) is 16.5. The lowest BCUT2D eigenvalue weighted by molar-refractivity contribution is -0.144. The number of aliphatic carboxylic acids is 1. The number of primary amides is 2. The Morgan fingerprint density at radius 3 is 1.55 bits per heavy atom. The highest BCUT2D eigenvalue weighted by atomic mass is 32.2. The Hall–Kier alpha value is -9.31. The second-order valence-electron chi connectivity index (χ2n) is 25.2. The van der Waals surface area contributed by atoms with Crippen molar-refractivity contribution in [1.29, 1.82) is 0 Å². The maximum absolute atomic E-state index is 14.8. The lowest BCUT2D eigenvalue weighted by Gasteiger charge is -2.32. The number of rotatable bonds is 42. The molecule has 20 N–H and O–H groups in total. The quantitative estimate of drug-likeness (QED) is 0.0171. The number of carbonyl (C=O) groups excluding carboxylic acids is 12. The van der Waals surface area contributed by atoms with Crippen LogP contribution >= 0.6 is 0 Å². The molecule has 98 heavy (non-hydrogen) atoms. The van der Waals surface area contributed by atoms with E-state index < -0.39 is 192 Å². The molecule has 34 heteroatoms. The van der Waals surface area contributed by atoms with Crippen LogP contribution in [0.25, 0.3) is 0 Å². The molecule has 0 saturated carbocycles. The molecule has 10 atom stereocenters. The van der Waals surface area contributed by atoms with Crippen LogP contribution in [0.2, 0.25) is 0 Å². The molecule has 0 bridgehead atoms. The van der Waals surface area contributed by atoms with E-state index in [4.69, 9.17) is 34.4 Å². The predicted molar refractivity (Wildman–Crippen MR) is 360 cm³/mol. The van der Waals surface area contributed by atoms with Gasteiger partial charge >= 0.3 is 5.97 Å². The van der Waals surface area contributed by atoms with Crippen LogP contribution < -0.4 is 71.6 Å². The van der Waals surface area contributed by atoms with Gasteiger partial charge in [0.15, 0.2) is 5.96 Å². The number of nitrogens with two attached hydrogens (primary N) is 6. The van der Waals surface area contributed by atoms with Crippen LogP contribution in [0.4, 0.5) is 0 Å². The minimum atomic E-state index is -3.61. The van der Waals surface area contributed by atoms with Crippen molar-refractivity contribution >= 4 is 92.7 Å². The summed E-state index contributed by atoms with van der Waals surface area (Å²) < 4.78 is 23.6. The van der Waals surface area contributed by atoms with Crippen molar-refractivity contribution in [1.82, 2.24) is 51.9 Å². The Labute approximate surface area is 570 Å². The Morgan fingerprint density at radius 2 is 1.05 bits per heavy atom. The normalized spacial score (nSPS) is 16.8. The number of nitrogens with zero attached hydrogens (tertiary/aromatic N) is 4. The van der Waals surface area contributed by atoms with E-state index in [1.165, 1.54) is 16.8 Å². The number of hydrogen-bond donors (Lipinski definition) is 14. The van der Waals surface area contributed by atoms with Crippen LogP contribution in [-0.2, 0) is 85.0 Å². The van der Waals surface area contributed by atoms with Gasteiger partial charge in [-0.3, -0.25) is 62.5 Å². The monoisotopic (exact) mass is 1390 g/mol. The van der Waals surface area contributed by atoms with Crippen molar-refractivity contribution in [2.45, 2.75) is 183 Å². The van der Waals surface area contributed by atoms with Crippen LogP contribution in [0.5, 0.6) is 0 Å². The van der Waals surface area contributed by atoms with Gasteiger partial charge in [-0.15, -0.1) is 0 Å². The van der Waals surface area contributed by atoms with Crippen molar-refractivity contribution in [3.05, 3.63) is 71.8 Å². The smallest absolute Gasteiger partial charge is 0.326 e. The summed E-state index contributed by atoms with van der Waals surface area (Å²) in [7, 11) is -2.35. The molecule has 4 rings (SSSR count). The molecule has 2 aromatic rings. The van der Waals surface area contributed by atoms with E-state index in [1.807, 2.05) is 0 Å². The van der Waals surface area contributed by atoms with Crippen molar-refractivity contribution in [2.75, 3.05) is 51.8 Å². The summed E-state index contributed by atoms with van der Waals surface area (Å²) in [6, 6.07) is 3.23. The largest absolute Gasteiger partial charge is 0.480 e. The zero-order valence-corrected chi connectivity index (χ0v) is 56.9. The maximum atomic E-state index is 14.8. The summed E-state index contributed by atoms with van der Waals surface area (Å²) in [6.07, 6.45) is 1.05. The molecule has 0 spiro atoms. The van der Waals surface area contributed by atoms with E-state index in [1.54, 1.807) is 74.5 Å². The van der Waals surface area contributed by atoms with Gasteiger partial charge in [0.05, 0.1) is 18.3 Å². The zero-order valence-electron chi connectivity index (χ0n) is 56.1. The first-order chi connectivity index (χ1) is 46.3. The lowest BCUT2D eigenvalue weighted by atomic mass is 10.0. The minimum Gasteiger partial charge on any atom is -0.480 e. The number of guanidine groups is 1.